The van der Waals surface area contributed by atoms with Crippen LogP contribution >= 0.6 is 0 Å². The van der Waals surface area contributed by atoms with Gasteiger partial charge < -0.3 is 11.5 Å². The van der Waals surface area contributed by atoms with Crippen LogP contribution < -0.4 is 11.5 Å². The van der Waals surface area contributed by atoms with E-state index in [4.69, 9.17) is 11.5 Å². The first kappa shape index (κ1) is 11.2. The summed E-state index contributed by atoms with van der Waals surface area (Å²) in [6.07, 6.45) is 3.31. The smallest absolute Gasteiger partial charge is 0.00483 e. The molecule has 1 rings (SSSR count). The number of rotatable bonds is 6. The zero-order valence-corrected chi connectivity index (χ0v) is 8.65. The summed E-state index contributed by atoms with van der Waals surface area (Å²) in [6, 6.07) is 10.5. The molecule has 4 N–H and O–H groups in total. The van der Waals surface area contributed by atoms with Crippen molar-refractivity contribution in [3.8, 4) is 0 Å². The van der Waals surface area contributed by atoms with E-state index in [1.54, 1.807) is 0 Å². The lowest BCUT2D eigenvalue weighted by atomic mass is 9.97. The highest BCUT2D eigenvalue weighted by Gasteiger charge is 2.05. The van der Waals surface area contributed by atoms with Gasteiger partial charge in [0.2, 0.25) is 0 Å². The van der Waals surface area contributed by atoms with Crippen molar-refractivity contribution in [2.45, 2.75) is 19.3 Å². The number of hydrogen-bond acceptors (Lipinski definition) is 2. The summed E-state index contributed by atoms with van der Waals surface area (Å²) in [5, 5.41) is 0. The molecule has 0 aliphatic carbocycles. The molecule has 1 unspecified atom stereocenters. The third-order valence-electron chi connectivity index (χ3n) is 2.59. The quantitative estimate of drug-likeness (QED) is 0.718. The Kier molecular flexibility index (Phi) is 5.27. The van der Waals surface area contributed by atoms with Crippen molar-refractivity contribution in [2.24, 2.45) is 17.4 Å². The first-order valence-corrected chi connectivity index (χ1v) is 5.31. The highest BCUT2D eigenvalue weighted by Crippen LogP contribution is 2.11. The number of nitrogens with two attached hydrogens (primary N) is 2. The Morgan fingerprint density at radius 3 is 2.29 bits per heavy atom. The zero-order valence-electron chi connectivity index (χ0n) is 8.65. The van der Waals surface area contributed by atoms with Crippen molar-refractivity contribution < 1.29 is 0 Å². The van der Waals surface area contributed by atoms with Gasteiger partial charge in [-0.2, -0.15) is 0 Å². The maximum absolute atomic E-state index is 5.67. The van der Waals surface area contributed by atoms with Gasteiger partial charge in [0, 0.05) is 0 Å². The molecule has 1 aromatic rings. The fourth-order valence-corrected chi connectivity index (χ4v) is 1.63. The van der Waals surface area contributed by atoms with E-state index in [0.29, 0.717) is 5.92 Å². The van der Waals surface area contributed by atoms with Crippen LogP contribution in [0, 0.1) is 5.92 Å². The number of benzene rings is 1. The van der Waals surface area contributed by atoms with Crippen LogP contribution in [0.2, 0.25) is 0 Å². The average molecular weight is 192 g/mol. The van der Waals surface area contributed by atoms with Crippen molar-refractivity contribution in [1.82, 2.24) is 0 Å². The highest BCUT2D eigenvalue weighted by molar-refractivity contribution is 5.14. The minimum atomic E-state index is 0.584. The molecule has 14 heavy (non-hydrogen) atoms. The molecule has 0 bridgehead atoms. The second-order valence-corrected chi connectivity index (χ2v) is 3.70. The molecule has 0 heterocycles. The van der Waals surface area contributed by atoms with E-state index in [9.17, 15) is 0 Å². The van der Waals surface area contributed by atoms with Crippen molar-refractivity contribution in [2.75, 3.05) is 13.1 Å². The van der Waals surface area contributed by atoms with Gasteiger partial charge in [-0.3, -0.25) is 0 Å². The molecule has 0 fully saturated rings. The monoisotopic (exact) mass is 192 g/mol. The van der Waals surface area contributed by atoms with Crippen molar-refractivity contribution in [3.05, 3.63) is 35.9 Å². The molecule has 2 nitrogen and oxygen atoms in total. The molecule has 1 atom stereocenters. The van der Waals surface area contributed by atoms with E-state index in [-0.39, 0.29) is 0 Å². The normalized spacial score (nSPS) is 12.7. The van der Waals surface area contributed by atoms with Crippen molar-refractivity contribution in [3.63, 3.8) is 0 Å². The van der Waals surface area contributed by atoms with Crippen LogP contribution in [0.15, 0.2) is 30.3 Å². The largest absolute Gasteiger partial charge is 0.330 e. The second kappa shape index (κ2) is 6.57. The summed E-state index contributed by atoms with van der Waals surface area (Å²) < 4.78 is 0. The van der Waals surface area contributed by atoms with Crippen LogP contribution in [0.1, 0.15) is 18.4 Å². The Hall–Kier alpha value is -0.860. The summed E-state index contributed by atoms with van der Waals surface area (Å²) in [7, 11) is 0. The molecule has 0 radical (unpaired) electrons. The highest BCUT2D eigenvalue weighted by atomic mass is 14.6. The standard InChI is InChI=1S/C12H20N2/c13-9-8-12(10-14)7-6-11-4-2-1-3-5-11/h1-5,12H,6-10,13-14H2. The third kappa shape index (κ3) is 3.90. The molecular formula is C12H20N2. The van der Waals surface area contributed by atoms with Gasteiger partial charge in [0.15, 0.2) is 0 Å². The van der Waals surface area contributed by atoms with Crippen LogP contribution in [0.25, 0.3) is 0 Å². The summed E-state index contributed by atoms with van der Waals surface area (Å²) in [5.74, 6) is 0.584. The molecule has 0 aromatic heterocycles. The Morgan fingerprint density at radius 1 is 1.00 bits per heavy atom. The maximum atomic E-state index is 5.67. The van der Waals surface area contributed by atoms with Gasteiger partial charge in [-0.05, 0) is 43.8 Å². The van der Waals surface area contributed by atoms with E-state index >= 15 is 0 Å². The van der Waals surface area contributed by atoms with Crippen molar-refractivity contribution in [1.29, 1.82) is 0 Å². The number of hydrogen-bond donors (Lipinski definition) is 2. The minimum Gasteiger partial charge on any atom is -0.330 e. The van der Waals surface area contributed by atoms with Crippen molar-refractivity contribution >= 4 is 0 Å². The van der Waals surface area contributed by atoms with E-state index in [1.807, 2.05) is 6.07 Å². The van der Waals surface area contributed by atoms with Crippen LogP contribution in [0.5, 0.6) is 0 Å². The van der Waals surface area contributed by atoms with E-state index in [0.717, 1.165) is 32.4 Å². The van der Waals surface area contributed by atoms with Gasteiger partial charge in [0.05, 0.1) is 0 Å². The molecule has 0 saturated carbocycles. The zero-order chi connectivity index (χ0) is 10.2. The van der Waals surface area contributed by atoms with Gasteiger partial charge in [-0.1, -0.05) is 30.3 Å². The Bertz CT molecular complexity index is 233. The van der Waals surface area contributed by atoms with Crippen LogP contribution in [-0.4, -0.2) is 13.1 Å². The van der Waals surface area contributed by atoms with Gasteiger partial charge in [0.1, 0.15) is 0 Å². The summed E-state index contributed by atoms with van der Waals surface area (Å²) in [4.78, 5) is 0. The molecule has 0 aliphatic rings. The van der Waals surface area contributed by atoms with E-state index in [1.165, 1.54) is 5.56 Å². The predicted octanol–water partition coefficient (Wildman–Crippen LogP) is 1.54. The molecule has 0 saturated heterocycles. The lowest BCUT2D eigenvalue weighted by Crippen LogP contribution is -2.18. The molecular weight excluding hydrogens is 172 g/mol. The molecule has 0 spiro atoms. The Labute approximate surface area is 86.3 Å². The van der Waals surface area contributed by atoms with E-state index < -0.39 is 0 Å². The first-order valence-electron chi connectivity index (χ1n) is 5.31. The molecule has 2 heteroatoms. The fourth-order valence-electron chi connectivity index (χ4n) is 1.63. The molecule has 78 valence electrons. The Morgan fingerprint density at radius 2 is 1.71 bits per heavy atom. The van der Waals surface area contributed by atoms with Gasteiger partial charge in [0.25, 0.3) is 0 Å². The molecule has 0 amide bonds. The third-order valence-corrected chi connectivity index (χ3v) is 2.59. The second-order valence-electron chi connectivity index (χ2n) is 3.70. The molecule has 1 aromatic carbocycles. The van der Waals surface area contributed by atoms with Crippen LogP contribution in [0.4, 0.5) is 0 Å². The summed E-state index contributed by atoms with van der Waals surface area (Å²) in [5.41, 5.74) is 12.6. The molecule has 0 aliphatic heterocycles. The topological polar surface area (TPSA) is 52.0 Å². The summed E-state index contributed by atoms with van der Waals surface area (Å²) >= 11 is 0. The summed E-state index contributed by atoms with van der Waals surface area (Å²) in [6.45, 7) is 1.50. The Balaban J connectivity index is 2.32. The number of aryl methyl sites for hydroxylation is 1. The van der Waals surface area contributed by atoms with Gasteiger partial charge in [-0.15, -0.1) is 0 Å². The lowest BCUT2D eigenvalue weighted by molar-refractivity contribution is 0.467. The predicted molar refractivity (Wildman–Crippen MR) is 61.0 cm³/mol. The first-order chi connectivity index (χ1) is 6.86. The average Bonchev–Trinajstić information content (AvgIpc) is 2.25. The van der Waals surface area contributed by atoms with Gasteiger partial charge >= 0.3 is 0 Å². The minimum absolute atomic E-state index is 0.584. The van der Waals surface area contributed by atoms with Crippen LogP contribution in [-0.2, 0) is 6.42 Å². The fraction of sp³-hybridized carbons (Fsp3) is 0.500. The van der Waals surface area contributed by atoms with Gasteiger partial charge in [-0.25, -0.2) is 0 Å². The lowest BCUT2D eigenvalue weighted by Gasteiger charge is -2.12. The van der Waals surface area contributed by atoms with E-state index in [2.05, 4.69) is 24.3 Å². The van der Waals surface area contributed by atoms with Crippen LogP contribution in [0.3, 0.4) is 0 Å². The SMILES string of the molecule is NCCC(CN)CCc1ccccc1. The maximum Gasteiger partial charge on any atom is -0.00483 e.